The molecule has 0 aromatic rings. The smallest absolute Gasteiger partial charge is 0.226 e. The molecule has 0 aromatic heterocycles. The van der Waals surface area contributed by atoms with Gasteiger partial charge in [-0.25, -0.2) is 0 Å². The first-order chi connectivity index (χ1) is 9.38. The second kappa shape index (κ2) is 6.23. The number of ether oxygens (including phenoxy) is 1. The molecular formula is C16H28ClNO2. The molecule has 1 saturated heterocycles. The van der Waals surface area contributed by atoms with E-state index in [2.05, 4.69) is 26.1 Å². The summed E-state index contributed by atoms with van der Waals surface area (Å²) >= 11 is 6.21. The van der Waals surface area contributed by atoms with Gasteiger partial charge in [-0.2, -0.15) is 0 Å². The Morgan fingerprint density at radius 1 is 1.30 bits per heavy atom. The van der Waals surface area contributed by atoms with E-state index < -0.39 is 0 Å². The van der Waals surface area contributed by atoms with Crippen LogP contribution < -0.4 is 5.32 Å². The van der Waals surface area contributed by atoms with E-state index in [0.717, 1.165) is 19.3 Å². The van der Waals surface area contributed by atoms with Gasteiger partial charge < -0.3 is 10.1 Å². The van der Waals surface area contributed by atoms with Crippen LogP contribution >= 0.6 is 11.6 Å². The summed E-state index contributed by atoms with van der Waals surface area (Å²) in [5.41, 5.74) is -0.207. The van der Waals surface area contributed by atoms with E-state index in [1.165, 1.54) is 6.42 Å². The second-order valence-electron chi connectivity index (χ2n) is 7.04. The molecule has 4 heteroatoms. The highest BCUT2D eigenvalue weighted by atomic mass is 35.5. The lowest BCUT2D eigenvalue weighted by Gasteiger charge is -2.40. The van der Waals surface area contributed by atoms with Gasteiger partial charge in [-0.15, -0.1) is 11.6 Å². The topological polar surface area (TPSA) is 38.3 Å². The lowest BCUT2D eigenvalue weighted by Crippen LogP contribution is -2.55. The van der Waals surface area contributed by atoms with Gasteiger partial charge in [0.2, 0.25) is 5.91 Å². The zero-order valence-corrected chi connectivity index (χ0v) is 13.9. The first-order valence-corrected chi connectivity index (χ1v) is 8.45. The minimum atomic E-state index is -0.207. The number of amides is 1. The molecule has 1 aliphatic carbocycles. The standard InChI is InChI=1S/C16H28ClNO2/c1-10-6-5-7-16(8-10,9-17)18-15(19)14-11(2)12(3)20-13(14)4/h10-14H,5-9H2,1-4H3,(H,18,19). The Labute approximate surface area is 127 Å². The van der Waals surface area contributed by atoms with E-state index >= 15 is 0 Å². The van der Waals surface area contributed by atoms with Gasteiger partial charge >= 0.3 is 0 Å². The lowest BCUT2D eigenvalue weighted by atomic mass is 9.76. The molecular weight excluding hydrogens is 274 g/mol. The van der Waals surface area contributed by atoms with E-state index in [1.807, 2.05) is 6.92 Å². The van der Waals surface area contributed by atoms with Crippen LogP contribution in [0.2, 0.25) is 0 Å². The molecule has 0 bridgehead atoms. The first-order valence-electron chi connectivity index (χ1n) is 7.92. The van der Waals surface area contributed by atoms with Crippen molar-refractivity contribution in [2.75, 3.05) is 5.88 Å². The van der Waals surface area contributed by atoms with Gasteiger partial charge in [0.25, 0.3) is 0 Å². The van der Waals surface area contributed by atoms with Crippen molar-refractivity contribution in [3.63, 3.8) is 0 Å². The van der Waals surface area contributed by atoms with Crippen LogP contribution in [0.15, 0.2) is 0 Å². The number of nitrogens with one attached hydrogen (secondary N) is 1. The Balaban J connectivity index is 2.06. The molecule has 2 rings (SSSR count). The maximum Gasteiger partial charge on any atom is 0.226 e. The number of hydrogen-bond donors (Lipinski definition) is 1. The first kappa shape index (κ1) is 16.1. The van der Waals surface area contributed by atoms with Gasteiger partial charge in [-0.1, -0.05) is 26.7 Å². The van der Waals surface area contributed by atoms with Crippen LogP contribution in [-0.4, -0.2) is 29.5 Å². The molecule has 1 amide bonds. The van der Waals surface area contributed by atoms with Crippen LogP contribution in [0, 0.1) is 17.8 Å². The van der Waals surface area contributed by atoms with Crippen LogP contribution in [-0.2, 0) is 9.53 Å². The van der Waals surface area contributed by atoms with E-state index in [1.54, 1.807) is 0 Å². The molecule has 1 saturated carbocycles. The number of alkyl halides is 1. The van der Waals surface area contributed by atoms with Crippen molar-refractivity contribution in [1.82, 2.24) is 5.32 Å². The summed E-state index contributed by atoms with van der Waals surface area (Å²) in [7, 11) is 0. The molecule has 20 heavy (non-hydrogen) atoms. The monoisotopic (exact) mass is 301 g/mol. The van der Waals surface area contributed by atoms with Crippen molar-refractivity contribution in [2.45, 2.75) is 71.1 Å². The third-order valence-corrected chi connectivity index (χ3v) is 5.79. The Morgan fingerprint density at radius 3 is 2.50 bits per heavy atom. The van der Waals surface area contributed by atoms with Crippen LogP contribution in [0.4, 0.5) is 0 Å². The van der Waals surface area contributed by atoms with Gasteiger partial charge in [0.15, 0.2) is 0 Å². The van der Waals surface area contributed by atoms with Crippen molar-refractivity contribution in [3.8, 4) is 0 Å². The number of halogens is 1. The third kappa shape index (κ3) is 3.14. The number of carbonyl (C=O) groups is 1. The molecule has 116 valence electrons. The van der Waals surface area contributed by atoms with E-state index in [9.17, 15) is 4.79 Å². The summed E-state index contributed by atoms with van der Waals surface area (Å²) in [6.45, 7) is 8.41. The van der Waals surface area contributed by atoms with Gasteiger partial charge in [0.1, 0.15) is 0 Å². The molecule has 1 N–H and O–H groups in total. The minimum absolute atomic E-state index is 0.00612. The van der Waals surface area contributed by atoms with Crippen molar-refractivity contribution in [3.05, 3.63) is 0 Å². The highest BCUT2D eigenvalue weighted by molar-refractivity contribution is 6.18. The maximum absolute atomic E-state index is 12.7. The average molecular weight is 302 g/mol. The average Bonchev–Trinajstić information content (AvgIpc) is 2.63. The maximum atomic E-state index is 12.7. The van der Waals surface area contributed by atoms with Crippen LogP contribution in [0.5, 0.6) is 0 Å². The molecule has 2 aliphatic rings. The number of carbonyl (C=O) groups excluding carboxylic acids is 1. The number of rotatable bonds is 3. The molecule has 0 spiro atoms. The SMILES string of the molecule is CC1CCCC(CCl)(NC(=O)C2C(C)OC(C)C2C)C1. The highest BCUT2D eigenvalue weighted by Gasteiger charge is 2.44. The predicted octanol–water partition coefficient (Wildman–Crippen LogP) is 3.35. The molecule has 2 fully saturated rings. The normalized spacial score (nSPS) is 45.4. The fraction of sp³-hybridized carbons (Fsp3) is 0.938. The summed E-state index contributed by atoms with van der Waals surface area (Å²) < 4.78 is 5.79. The van der Waals surface area contributed by atoms with Crippen molar-refractivity contribution < 1.29 is 9.53 Å². The number of hydrogen-bond acceptors (Lipinski definition) is 2. The predicted molar refractivity (Wildman–Crippen MR) is 81.9 cm³/mol. The van der Waals surface area contributed by atoms with Gasteiger partial charge in [-0.05, 0) is 38.5 Å². The van der Waals surface area contributed by atoms with E-state index in [-0.39, 0.29) is 35.5 Å². The van der Waals surface area contributed by atoms with Crippen LogP contribution in [0.3, 0.4) is 0 Å². The quantitative estimate of drug-likeness (QED) is 0.812. The molecule has 0 aromatic carbocycles. The van der Waals surface area contributed by atoms with E-state index in [0.29, 0.717) is 11.8 Å². The zero-order valence-electron chi connectivity index (χ0n) is 13.1. The Bertz CT molecular complexity index is 362. The van der Waals surface area contributed by atoms with E-state index in [4.69, 9.17) is 16.3 Å². The largest absolute Gasteiger partial charge is 0.374 e. The molecule has 6 unspecified atom stereocenters. The molecule has 1 aliphatic heterocycles. The fourth-order valence-electron chi connectivity index (χ4n) is 3.99. The van der Waals surface area contributed by atoms with Crippen LogP contribution in [0.1, 0.15) is 53.4 Å². The third-order valence-electron chi connectivity index (χ3n) is 5.28. The van der Waals surface area contributed by atoms with Crippen molar-refractivity contribution in [2.24, 2.45) is 17.8 Å². The highest BCUT2D eigenvalue weighted by Crippen LogP contribution is 2.36. The Morgan fingerprint density at radius 2 is 2.00 bits per heavy atom. The Hall–Kier alpha value is -0.280. The summed E-state index contributed by atoms with van der Waals surface area (Å²) in [4.78, 5) is 12.7. The van der Waals surface area contributed by atoms with Gasteiger partial charge in [-0.3, -0.25) is 4.79 Å². The van der Waals surface area contributed by atoms with Gasteiger partial charge in [0.05, 0.1) is 23.7 Å². The summed E-state index contributed by atoms with van der Waals surface area (Å²) in [6, 6.07) is 0. The lowest BCUT2D eigenvalue weighted by molar-refractivity contribution is -0.129. The second-order valence-corrected chi connectivity index (χ2v) is 7.30. The fourth-order valence-corrected chi connectivity index (χ4v) is 4.30. The summed E-state index contributed by atoms with van der Waals surface area (Å²) in [5, 5.41) is 3.28. The molecule has 0 radical (unpaired) electrons. The van der Waals surface area contributed by atoms with Gasteiger partial charge in [0, 0.05) is 5.88 Å². The molecule has 1 heterocycles. The summed E-state index contributed by atoms with van der Waals surface area (Å²) in [6.07, 6.45) is 4.53. The molecule has 3 nitrogen and oxygen atoms in total. The Kier molecular flexibility index (Phi) is 5.01. The summed E-state index contributed by atoms with van der Waals surface area (Å²) in [5.74, 6) is 1.48. The van der Waals surface area contributed by atoms with Crippen LogP contribution in [0.25, 0.3) is 0 Å². The molecule has 6 atom stereocenters. The zero-order chi connectivity index (χ0) is 14.9. The minimum Gasteiger partial charge on any atom is -0.374 e. The van der Waals surface area contributed by atoms with Crippen molar-refractivity contribution in [1.29, 1.82) is 0 Å². The van der Waals surface area contributed by atoms with Crippen molar-refractivity contribution >= 4 is 17.5 Å².